The molecule has 0 amide bonds. The summed E-state index contributed by atoms with van der Waals surface area (Å²) in [6, 6.07) is 38.9. The van der Waals surface area contributed by atoms with E-state index in [-0.39, 0.29) is 30.2 Å². The molecule has 2 atom stereocenters. The van der Waals surface area contributed by atoms with E-state index in [1.54, 1.807) is 28.6 Å². The number of nitrogens with one attached hydrogen (secondary N) is 1. The maximum absolute atomic E-state index is 15.0. The molecule has 0 bridgehead atoms. The van der Waals surface area contributed by atoms with E-state index < -0.39 is 23.3 Å². The van der Waals surface area contributed by atoms with E-state index >= 15 is 4.57 Å². The Kier molecular flexibility index (Phi) is 16.4. The number of rotatable bonds is 18. The number of aliphatic hydroxyl groups excluding tert-OH is 1. The summed E-state index contributed by atoms with van der Waals surface area (Å²) < 4.78 is 52.1. The van der Waals surface area contributed by atoms with Crippen LogP contribution in [0.5, 0.6) is 0 Å². The van der Waals surface area contributed by atoms with E-state index in [0.29, 0.717) is 45.3 Å². The van der Waals surface area contributed by atoms with Crippen molar-refractivity contribution in [3.8, 4) is 22.4 Å². The Morgan fingerprint density at radius 1 is 0.822 bits per heavy atom. The molecule has 13 nitrogen and oxygen atoms in total. The van der Waals surface area contributed by atoms with Gasteiger partial charge in [-0.3, -0.25) is 9.24 Å². The van der Waals surface area contributed by atoms with Crippen LogP contribution >= 0.6 is 30.9 Å². The van der Waals surface area contributed by atoms with Crippen LogP contribution in [0.25, 0.3) is 22.4 Å². The van der Waals surface area contributed by atoms with Gasteiger partial charge in [0.15, 0.2) is 9.84 Å². The summed E-state index contributed by atoms with van der Waals surface area (Å²) in [7, 11) is -7.46. The normalized spacial score (nSPS) is 18.4. The van der Waals surface area contributed by atoms with Crippen molar-refractivity contribution in [3.05, 3.63) is 138 Å². The summed E-state index contributed by atoms with van der Waals surface area (Å²) in [5.74, 6) is 0.101. The molecule has 73 heavy (non-hydrogen) atoms. The quantitative estimate of drug-likeness (QED) is 0.0555. The Balaban J connectivity index is 0.893. The number of sulfone groups is 1. The van der Waals surface area contributed by atoms with Crippen LogP contribution in [-0.2, 0) is 18.9 Å². The minimum atomic E-state index is -3.76. The van der Waals surface area contributed by atoms with Crippen molar-refractivity contribution in [1.82, 2.24) is 9.47 Å². The van der Waals surface area contributed by atoms with Gasteiger partial charge in [-0.25, -0.2) is 13.2 Å². The van der Waals surface area contributed by atoms with Gasteiger partial charge in [0.1, 0.15) is 0 Å². The number of likely N-dealkylation sites (tertiary alicyclic amines) is 1. The second-order valence-corrected chi connectivity index (χ2v) is 25.5. The third-order valence-corrected chi connectivity index (χ3v) is 19.6. The molecule has 5 aromatic carbocycles. The number of carboxylic acids is 1. The first-order chi connectivity index (χ1) is 35.1. The molecule has 9 rings (SSSR count). The Labute approximate surface area is 439 Å². The smallest absolute Gasteiger partial charge is 0.338 e. The molecular weight excluding hydrogens is 999 g/mol. The number of nitrogens with zero attached hydrogens (tertiary/aromatic N) is 5. The van der Waals surface area contributed by atoms with Gasteiger partial charge >= 0.3 is 13.5 Å². The Hall–Kier alpha value is -5.25. The number of hydrogen-bond acceptors (Lipinski definition) is 11. The zero-order valence-corrected chi connectivity index (χ0v) is 45.3. The van der Waals surface area contributed by atoms with Gasteiger partial charge < -0.3 is 39.3 Å². The maximum Gasteiger partial charge on any atom is 0.338 e. The molecule has 0 saturated carbocycles. The lowest BCUT2D eigenvalue weighted by molar-refractivity contribution is 0.0696. The Morgan fingerprint density at radius 2 is 1.49 bits per heavy atom. The van der Waals surface area contributed by atoms with Crippen molar-refractivity contribution in [2.45, 2.75) is 61.9 Å². The van der Waals surface area contributed by atoms with Crippen molar-refractivity contribution < 1.29 is 32.5 Å². The zero-order valence-electron chi connectivity index (χ0n) is 42.0. The van der Waals surface area contributed by atoms with Crippen LogP contribution in [0.1, 0.15) is 55.2 Å². The number of thioether (sulfide) groups is 1. The van der Waals surface area contributed by atoms with E-state index in [4.69, 9.17) is 16.1 Å². The highest BCUT2D eigenvalue weighted by molar-refractivity contribution is 7.99. The van der Waals surface area contributed by atoms with Gasteiger partial charge in [0.05, 0.1) is 40.3 Å². The highest BCUT2D eigenvalue weighted by Gasteiger charge is 2.41. The average Bonchev–Trinajstić information content (AvgIpc) is 3.95. The third-order valence-electron chi connectivity index (χ3n) is 14.5. The molecule has 0 aliphatic carbocycles. The number of carbonyl (C=O) groups is 1. The number of aliphatic hydroxyl groups is 1. The summed E-state index contributed by atoms with van der Waals surface area (Å²) in [5.41, 5.74) is 7.52. The van der Waals surface area contributed by atoms with E-state index in [9.17, 15) is 23.4 Å². The lowest BCUT2D eigenvalue weighted by Crippen LogP contribution is -2.46. The molecule has 0 spiro atoms. The summed E-state index contributed by atoms with van der Waals surface area (Å²) in [4.78, 5) is 21.2. The van der Waals surface area contributed by atoms with Crippen LogP contribution in [0.2, 0.25) is 5.02 Å². The maximum atomic E-state index is 15.0. The van der Waals surface area contributed by atoms with Crippen LogP contribution in [0.4, 0.5) is 22.7 Å². The zero-order chi connectivity index (χ0) is 51.4. The fraction of sp³-hybridized carbons (Fsp3) is 0.375. The highest BCUT2D eigenvalue weighted by Crippen LogP contribution is 2.56. The van der Waals surface area contributed by atoms with Crippen molar-refractivity contribution in [1.29, 1.82) is 0 Å². The summed E-state index contributed by atoms with van der Waals surface area (Å²) in [6.45, 7) is 12.5. The first-order valence-corrected chi connectivity index (χ1v) is 30.0. The van der Waals surface area contributed by atoms with Crippen LogP contribution in [-0.4, -0.2) is 118 Å². The van der Waals surface area contributed by atoms with Gasteiger partial charge in [0.2, 0.25) is 0 Å². The SMILES string of the molecule is Cc1c(C(=O)O)c(-c2cccc(N3CCN(c4ccc(N5CCO[P@]5(=O)c5ccc(N[C@H](CCN6CCC(CO)CC6)CSc6ccccc6)c(S(C)(=O)=O)c5)cc4)CC3)c2)c(-c2ccc(Cl)cc2)n1C(C)C. The number of anilines is 4. The molecule has 0 radical (unpaired) electrons. The molecule has 17 heteroatoms. The number of benzene rings is 5. The van der Waals surface area contributed by atoms with Crippen molar-refractivity contribution in [2.24, 2.45) is 5.92 Å². The minimum Gasteiger partial charge on any atom is -0.478 e. The van der Waals surface area contributed by atoms with Gasteiger partial charge in [-0.2, -0.15) is 0 Å². The monoisotopic (exact) mass is 1060 g/mol. The van der Waals surface area contributed by atoms with E-state index in [1.165, 1.54) is 12.3 Å². The number of hydrogen-bond donors (Lipinski definition) is 3. The largest absolute Gasteiger partial charge is 0.478 e. The van der Waals surface area contributed by atoms with Gasteiger partial charge in [-0.1, -0.05) is 54.1 Å². The lowest BCUT2D eigenvalue weighted by Gasteiger charge is -2.37. The molecular formula is C56H66ClN6O7PS2. The lowest BCUT2D eigenvalue weighted by atomic mass is 9.96. The fourth-order valence-electron chi connectivity index (χ4n) is 10.6. The molecule has 3 N–H and O–H groups in total. The van der Waals surface area contributed by atoms with Gasteiger partial charge in [-0.15, -0.1) is 11.8 Å². The van der Waals surface area contributed by atoms with Crippen LogP contribution in [0.3, 0.4) is 0 Å². The third kappa shape index (κ3) is 11.7. The van der Waals surface area contributed by atoms with E-state index in [2.05, 4.69) is 62.7 Å². The minimum absolute atomic E-state index is 0.0174. The van der Waals surface area contributed by atoms with Crippen LogP contribution < -0.4 is 25.1 Å². The summed E-state index contributed by atoms with van der Waals surface area (Å²) in [6.07, 6.45) is 3.92. The number of piperazine rings is 1. The predicted octanol–water partition coefficient (Wildman–Crippen LogP) is 10.8. The topological polar surface area (TPSA) is 148 Å². The number of carboxylic acid groups (broad SMARTS) is 1. The Bertz CT molecular complexity index is 3050. The summed E-state index contributed by atoms with van der Waals surface area (Å²) in [5, 5.41) is 24.8. The van der Waals surface area contributed by atoms with Crippen molar-refractivity contribution in [2.75, 3.05) is 97.4 Å². The Morgan fingerprint density at radius 3 is 2.14 bits per heavy atom. The molecule has 4 heterocycles. The molecule has 386 valence electrons. The van der Waals surface area contributed by atoms with E-state index in [0.717, 1.165) is 110 Å². The molecule has 3 fully saturated rings. The van der Waals surface area contributed by atoms with Gasteiger partial charge in [-0.05, 0) is 149 Å². The predicted molar refractivity (Wildman–Crippen MR) is 299 cm³/mol. The second-order valence-electron chi connectivity index (χ2n) is 19.7. The standard InChI is InChI=1S/C56H66ClN6O7PS2/c1-39(2)63-40(3)53(56(65)66)54(55(63)42-13-15-44(57)16-14-42)43-9-8-10-48(35-43)61-31-29-60(30-32-61)46-17-19-47(20-18-46)62-33-34-70-71(62,67)49-21-22-51(52(36-49)73(4,68)69)58-45(38-72-50-11-6-5-7-12-50)25-28-59-26-23-41(37-64)24-27-59/h5-22,35-36,39,41,45,58,64H,23-34,37-38H2,1-4H3,(H,65,66)/t45-,71-/m1/s1. The van der Waals surface area contributed by atoms with Crippen molar-refractivity contribution >= 4 is 74.7 Å². The first kappa shape index (κ1) is 52.6. The van der Waals surface area contributed by atoms with E-state index in [1.807, 2.05) is 85.8 Å². The number of piperidine rings is 1. The first-order valence-electron chi connectivity index (χ1n) is 25.2. The molecule has 3 aliphatic rings. The van der Waals surface area contributed by atoms with Crippen LogP contribution in [0, 0.1) is 12.8 Å². The van der Waals surface area contributed by atoms with Crippen LogP contribution in [0.15, 0.2) is 131 Å². The highest BCUT2D eigenvalue weighted by atomic mass is 35.5. The van der Waals surface area contributed by atoms with Crippen molar-refractivity contribution in [3.63, 3.8) is 0 Å². The molecule has 3 aliphatic heterocycles. The van der Waals surface area contributed by atoms with Gasteiger partial charge in [0, 0.05) is 102 Å². The molecule has 3 saturated heterocycles. The number of halogens is 1. The molecule has 6 aromatic rings. The average molecular weight is 1070 g/mol. The molecule has 1 aromatic heterocycles. The number of aromatic carboxylic acids is 1. The number of aromatic nitrogens is 1. The van der Waals surface area contributed by atoms with Gasteiger partial charge in [0.25, 0.3) is 0 Å². The molecule has 0 unspecified atom stereocenters. The summed E-state index contributed by atoms with van der Waals surface area (Å²) >= 11 is 8.02. The fourth-order valence-corrected chi connectivity index (χ4v) is 14.9. The second kappa shape index (κ2) is 22.7.